The molecule has 0 fully saturated rings. The Morgan fingerprint density at radius 2 is 1.86 bits per heavy atom. The molecular weight excluding hydrogens is 305 g/mol. The Labute approximate surface area is 124 Å². The smallest absolute Gasteiger partial charge is 0.481 e. The molecule has 1 atom stereocenters. The Hall–Kier alpha value is -2.29. The average molecular weight is 320 g/mol. The highest BCUT2D eigenvalue weighted by Gasteiger charge is 2.31. The lowest BCUT2D eigenvalue weighted by molar-refractivity contribution is -0.274. The number of amides is 1. The predicted octanol–water partition coefficient (Wildman–Crippen LogP) is 1.05. The van der Waals surface area contributed by atoms with Gasteiger partial charge in [-0.3, -0.25) is 9.59 Å². The van der Waals surface area contributed by atoms with Crippen molar-refractivity contribution >= 4 is 11.9 Å². The van der Waals surface area contributed by atoms with Gasteiger partial charge in [0.05, 0.1) is 13.0 Å². The van der Waals surface area contributed by atoms with Crippen LogP contribution in [0.15, 0.2) is 24.3 Å². The highest BCUT2D eigenvalue weighted by Crippen LogP contribution is 2.23. The number of carboxylic acid groups (broad SMARTS) is 1. The standard InChI is InChI=1S/C13H15F3N2O4/c14-13(15,16)22-10-3-1-8(2-4-10)5-9(6-12(20)21)18-11(19)7-17/h1-4,9H,5-7,17H2,(H,18,19)(H,20,21). The van der Waals surface area contributed by atoms with E-state index in [0.29, 0.717) is 5.56 Å². The summed E-state index contributed by atoms with van der Waals surface area (Å²) in [5.41, 5.74) is 5.69. The Bertz CT molecular complexity index is 517. The first kappa shape index (κ1) is 17.8. The second-order valence-electron chi connectivity index (χ2n) is 4.46. The molecule has 1 unspecified atom stereocenters. The average Bonchev–Trinajstić information content (AvgIpc) is 2.38. The number of nitrogens with one attached hydrogen (secondary N) is 1. The summed E-state index contributed by atoms with van der Waals surface area (Å²) < 4.78 is 39.8. The fraction of sp³-hybridized carbons (Fsp3) is 0.385. The Morgan fingerprint density at radius 1 is 1.27 bits per heavy atom. The molecule has 0 aromatic heterocycles. The second kappa shape index (κ2) is 7.64. The number of benzene rings is 1. The fourth-order valence-electron chi connectivity index (χ4n) is 1.78. The third-order valence-corrected chi connectivity index (χ3v) is 2.61. The van der Waals surface area contributed by atoms with Gasteiger partial charge in [0.1, 0.15) is 5.75 Å². The molecule has 0 spiro atoms. The van der Waals surface area contributed by atoms with E-state index in [-0.39, 0.29) is 25.1 Å². The van der Waals surface area contributed by atoms with Gasteiger partial charge in [0.2, 0.25) is 5.91 Å². The zero-order valence-electron chi connectivity index (χ0n) is 11.4. The third-order valence-electron chi connectivity index (χ3n) is 2.61. The van der Waals surface area contributed by atoms with E-state index in [9.17, 15) is 22.8 Å². The number of rotatable bonds is 7. The van der Waals surface area contributed by atoms with Crippen LogP contribution >= 0.6 is 0 Å². The zero-order valence-corrected chi connectivity index (χ0v) is 11.4. The molecule has 0 radical (unpaired) electrons. The van der Waals surface area contributed by atoms with Crippen LogP contribution < -0.4 is 15.8 Å². The number of nitrogens with two attached hydrogens (primary N) is 1. The Kier molecular flexibility index (Phi) is 6.17. The van der Waals surface area contributed by atoms with Crippen LogP contribution in [0.1, 0.15) is 12.0 Å². The second-order valence-corrected chi connectivity index (χ2v) is 4.46. The van der Waals surface area contributed by atoms with Gasteiger partial charge in [-0.25, -0.2) is 0 Å². The largest absolute Gasteiger partial charge is 0.573 e. The molecule has 0 bridgehead atoms. The normalized spacial score (nSPS) is 12.5. The van der Waals surface area contributed by atoms with E-state index in [2.05, 4.69) is 10.1 Å². The predicted molar refractivity (Wildman–Crippen MR) is 70.1 cm³/mol. The minimum absolute atomic E-state index is 0.143. The van der Waals surface area contributed by atoms with Crippen LogP contribution in [0.25, 0.3) is 0 Å². The number of ether oxygens (including phenoxy) is 1. The maximum Gasteiger partial charge on any atom is 0.573 e. The molecule has 122 valence electrons. The lowest BCUT2D eigenvalue weighted by Crippen LogP contribution is -2.41. The van der Waals surface area contributed by atoms with Crippen molar-refractivity contribution in [1.29, 1.82) is 0 Å². The number of carboxylic acids is 1. The van der Waals surface area contributed by atoms with Gasteiger partial charge in [0, 0.05) is 6.04 Å². The van der Waals surface area contributed by atoms with Crippen molar-refractivity contribution in [1.82, 2.24) is 5.32 Å². The minimum Gasteiger partial charge on any atom is -0.481 e. The monoisotopic (exact) mass is 320 g/mol. The first-order valence-corrected chi connectivity index (χ1v) is 6.25. The van der Waals surface area contributed by atoms with Crippen molar-refractivity contribution in [3.8, 4) is 5.75 Å². The molecule has 1 aromatic carbocycles. The first-order chi connectivity index (χ1) is 10.2. The SMILES string of the molecule is NCC(=O)NC(CC(=O)O)Cc1ccc(OC(F)(F)F)cc1. The van der Waals surface area contributed by atoms with Crippen molar-refractivity contribution in [2.75, 3.05) is 6.54 Å². The summed E-state index contributed by atoms with van der Waals surface area (Å²) in [7, 11) is 0. The summed E-state index contributed by atoms with van der Waals surface area (Å²) in [4.78, 5) is 22.0. The van der Waals surface area contributed by atoms with Crippen LogP contribution in [0.3, 0.4) is 0 Å². The molecule has 1 amide bonds. The van der Waals surface area contributed by atoms with E-state index < -0.39 is 24.3 Å². The molecule has 0 saturated carbocycles. The molecule has 22 heavy (non-hydrogen) atoms. The van der Waals surface area contributed by atoms with E-state index in [4.69, 9.17) is 10.8 Å². The van der Waals surface area contributed by atoms with E-state index in [1.807, 2.05) is 0 Å². The summed E-state index contributed by atoms with van der Waals surface area (Å²) >= 11 is 0. The number of halogens is 3. The summed E-state index contributed by atoms with van der Waals surface area (Å²) in [6.45, 7) is -0.283. The Morgan fingerprint density at radius 3 is 2.32 bits per heavy atom. The van der Waals surface area contributed by atoms with Gasteiger partial charge in [-0.1, -0.05) is 12.1 Å². The van der Waals surface area contributed by atoms with Gasteiger partial charge in [0.25, 0.3) is 0 Å². The van der Waals surface area contributed by atoms with Gasteiger partial charge in [-0.15, -0.1) is 13.2 Å². The highest BCUT2D eigenvalue weighted by atomic mass is 19.4. The first-order valence-electron chi connectivity index (χ1n) is 6.25. The van der Waals surface area contributed by atoms with Crippen LogP contribution in [0.4, 0.5) is 13.2 Å². The van der Waals surface area contributed by atoms with E-state index in [0.717, 1.165) is 12.1 Å². The number of carbonyl (C=O) groups is 2. The molecule has 0 aliphatic carbocycles. The molecule has 1 aromatic rings. The molecule has 4 N–H and O–H groups in total. The van der Waals surface area contributed by atoms with Crippen LogP contribution in [0.5, 0.6) is 5.75 Å². The van der Waals surface area contributed by atoms with Crippen LogP contribution in [-0.2, 0) is 16.0 Å². The summed E-state index contributed by atoms with van der Waals surface area (Å²) in [5.74, 6) is -2.00. The number of aliphatic carboxylic acids is 1. The lowest BCUT2D eigenvalue weighted by Gasteiger charge is -2.17. The van der Waals surface area contributed by atoms with E-state index >= 15 is 0 Å². The van der Waals surface area contributed by atoms with Crippen molar-refractivity contribution in [2.45, 2.75) is 25.2 Å². The minimum atomic E-state index is -4.78. The maximum absolute atomic E-state index is 12.0. The number of hydrogen-bond donors (Lipinski definition) is 3. The van der Waals surface area contributed by atoms with Crippen LogP contribution in [0.2, 0.25) is 0 Å². The van der Waals surface area contributed by atoms with Gasteiger partial charge < -0.3 is 20.9 Å². The summed E-state index contributed by atoms with van der Waals surface area (Å²) in [5, 5.41) is 11.2. The quantitative estimate of drug-likeness (QED) is 0.697. The fourth-order valence-corrected chi connectivity index (χ4v) is 1.78. The van der Waals surface area contributed by atoms with E-state index in [1.54, 1.807) is 0 Å². The van der Waals surface area contributed by atoms with E-state index in [1.165, 1.54) is 12.1 Å². The lowest BCUT2D eigenvalue weighted by atomic mass is 10.0. The topological polar surface area (TPSA) is 102 Å². The molecule has 0 saturated heterocycles. The number of hydrogen-bond acceptors (Lipinski definition) is 4. The van der Waals surface area contributed by atoms with Gasteiger partial charge in [-0.05, 0) is 24.1 Å². The van der Waals surface area contributed by atoms with Crippen molar-refractivity contribution in [3.05, 3.63) is 29.8 Å². The summed E-state index contributed by atoms with van der Waals surface area (Å²) in [6.07, 6.45) is -4.96. The molecular formula is C13H15F3N2O4. The molecule has 6 nitrogen and oxygen atoms in total. The maximum atomic E-state index is 12.0. The number of carbonyl (C=O) groups excluding carboxylic acids is 1. The zero-order chi connectivity index (χ0) is 16.8. The van der Waals surface area contributed by atoms with Crippen molar-refractivity contribution in [2.24, 2.45) is 5.73 Å². The van der Waals surface area contributed by atoms with Crippen LogP contribution in [-0.4, -0.2) is 35.9 Å². The van der Waals surface area contributed by atoms with Crippen molar-refractivity contribution < 1.29 is 32.6 Å². The Balaban J connectivity index is 2.72. The van der Waals surface area contributed by atoms with Gasteiger partial charge in [0.15, 0.2) is 0 Å². The number of alkyl halides is 3. The van der Waals surface area contributed by atoms with Gasteiger partial charge in [-0.2, -0.15) is 0 Å². The summed E-state index contributed by atoms with van der Waals surface area (Å²) in [6, 6.07) is 4.26. The molecule has 0 aliphatic heterocycles. The van der Waals surface area contributed by atoms with Gasteiger partial charge >= 0.3 is 12.3 Å². The molecule has 0 heterocycles. The molecule has 1 rings (SSSR count). The van der Waals surface area contributed by atoms with Crippen molar-refractivity contribution in [3.63, 3.8) is 0 Å². The molecule has 9 heteroatoms. The highest BCUT2D eigenvalue weighted by molar-refractivity contribution is 5.79. The third kappa shape index (κ3) is 6.93. The van der Waals surface area contributed by atoms with Crippen LogP contribution in [0, 0.1) is 0 Å². The molecule has 0 aliphatic rings.